The van der Waals surface area contributed by atoms with E-state index in [0.29, 0.717) is 6.54 Å². The Kier molecular flexibility index (Phi) is 4.73. The molecule has 1 aromatic carbocycles. The molecule has 1 aliphatic carbocycles. The number of H-pyrrole nitrogens is 1. The first kappa shape index (κ1) is 16.8. The first-order valence-corrected chi connectivity index (χ1v) is 9.42. The first-order chi connectivity index (χ1) is 12.7. The van der Waals surface area contributed by atoms with E-state index in [2.05, 4.69) is 26.5 Å². The minimum atomic E-state index is -0.218. The lowest BCUT2D eigenvalue weighted by Gasteiger charge is -2.33. The second-order valence-electron chi connectivity index (χ2n) is 7.23. The van der Waals surface area contributed by atoms with Crippen LogP contribution in [0.25, 0.3) is 0 Å². The minimum absolute atomic E-state index is 0.0754. The van der Waals surface area contributed by atoms with Gasteiger partial charge in [0.1, 0.15) is 0 Å². The van der Waals surface area contributed by atoms with Crippen LogP contribution in [0, 0.1) is 5.92 Å². The highest BCUT2D eigenvalue weighted by Crippen LogP contribution is 2.29. The van der Waals surface area contributed by atoms with Gasteiger partial charge in [0, 0.05) is 24.8 Å². The smallest absolute Gasteiger partial charge is 0.266 e. The van der Waals surface area contributed by atoms with Gasteiger partial charge in [-0.25, -0.2) is 5.10 Å². The van der Waals surface area contributed by atoms with Gasteiger partial charge in [-0.2, -0.15) is 5.10 Å². The van der Waals surface area contributed by atoms with Crippen LogP contribution in [0.1, 0.15) is 36.8 Å². The van der Waals surface area contributed by atoms with E-state index in [4.69, 9.17) is 0 Å². The lowest BCUT2D eigenvalue weighted by Crippen LogP contribution is -2.41. The standard InChI is InChI=1S/C20H24N4O2/c25-19-11-16(12-21-23-19)24-10-4-7-15(13-24)20(26)22-18-9-3-6-14-5-1-2-8-17(14)18/h3,6,9,11-12,15H,1-2,4-5,7-8,10,13H2,(H,22,26)(H,23,25). The molecule has 4 rings (SSSR count). The van der Waals surface area contributed by atoms with Crippen molar-refractivity contribution in [2.45, 2.75) is 38.5 Å². The molecule has 0 saturated carbocycles. The lowest BCUT2D eigenvalue weighted by molar-refractivity contribution is -0.120. The second kappa shape index (κ2) is 7.32. The number of nitrogens with zero attached hydrogens (tertiary/aromatic N) is 2. The van der Waals surface area contributed by atoms with E-state index in [1.807, 2.05) is 12.1 Å². The maximum Gasteiger partial charge on any atom is 0.266 e. The molecule has 6 heteroatoms. The Morgan fingerprint density at radius 1 is 1.23 bits per heavy atom. The van der Waals surface area contributed by atoms with Gasteiger partial charge >= 0.3 is 0 Å². The molecular weight excluding hydrogens is 328 g/mol. The second-order valence-corrected chi connectivity index (χ2v) is 7.23. The van der Waals surface area contributed by atoms with E-state index in [1.54, 1.807) is 12.3 Å². The van der Waals surface area contributed by atoms with Gasteiger partial charge in [-0.05, 0) is 55.7 Å². The Hall–Kier alpha value is -2.63. The summed E-state index contributed by atoms with van der Waals surface area (Å²) in [5.41, 5.74) is 4.21. The predicted molar refractivity (Wildman–Crippen MR) is 102 cm³/mol. The number of hydrogen-bond acceptors (Lipinski definition) is 4. The largest absolute Gasteiger partial charge is 0.369 e. The van der Waals surface area contributed by atoms with Crippen LogP contribution in [0.2, 0.25) is 0 Å². The van der Waals surface area contributed by atoms with E-state index in [9.17, 15) is 9.59 Å². The summed E-state index contributed by atoms with van der Waals surface area (Å²) in [5, 5.41) is 9.43. The molecule has 1 unspecified atom stereocenters. The van der Waals surface area contributed by atoms with Crippen molar-refractivity contribution in [1.82, 2.24) is 10.2 Å². The zero-order chi connectivity index (χ0) is 17.9. The van der Waals surface area contributed by atoms with Crippen molar-refractivity contribution in [2.24, 2.45) is 5.92 Å². The van der Waals surface area contributed by atoms with E-state index < -0.39 is 0 Å². The highest BCUT2D eigenvalue weighted by atomic mass is 16.2. The van der Waals surface area contributed by atoms with Crippen molar-refractivity contribution in [1.29, 1.82) is 0 Å². The molecule has 1 aromatic heterocycles. The van der Waals surface area contributed by atoms with Gasteiger partial charge < -0.3 is 10.2 Å². The SMILES string of the molecule is O=C(Nc1cccc2c1CCCC2)C1CCCN(c2cn[nH]c(=O)c2)C1. The molecule has 2 aromatic rings. The molecule has 2 N–H and O–H groups in total. The van der Waals surface area contributed by atoms with Gasteiger partial charge in [0.2, 0.25) is 5.91 Å². The number of hydrogen-bond donors (Lipinski definition) is 2. The van der Waals surface area contributed by atoms with Gasteiger partial charge in [0.25, 0.3) is 5.56 Å². The van der Waals surface area contributed by atoms with Crippen LogP contribution in [0.3, 0.4) is 0 Å². The fourth-order valence-electron chi connectivity index (χ4n) is 4.10. The van der Waals surface area contributed by atoms with Gasteiger partial charge in [-0.15, -0.1) is 0 Å². The normalized spacial score (nSPS) is 19.7. The molecule has 26 heavy (non-hydrogen) atoms. The molecule has 1 aliphatic heterocycles. The number of anilines is 2. The van der Waals surface area contributed by atoms with Crippen molar-refractivity contribution in [3.63, 3.8) is 0 Å². The quantitative estimate of drug-likeness (QED) is 0.890. The number of aromatic nitrogens is 2. The van der Waals surface area contributed by atoms with Crippen molar-refractivity contribution >= 4 is 17.3 Å². The number of carbonyl (C=O) groups is 1. The van der Waals surface area contributed by atoms with Crippen molar-refractivity contribution in [2.75, 3.05) is 23.3 Å². The van der Waals surface area contributed by atoms with Crippen LogP contribution in [0.15, 0.2) is 35.3 Å². The highest BCUT2D eigenvalue weighted by Gasteiger charge is 2.27. The molecule has 0 spiro atoms. The number of rotatable bonds is 3. The van der Waals surface area contributed by atoms with Gasteiger partial charge in [-0.1, -0.05) is 12.1 Å². The third kappa shape index (κ3) is 3.49. The summed E-state index contributed by atoms with van der Waals surface area (Å²) < 4.78 is 0. The van der Waals surface area contributed by atoms with Crippen molar-refractivity contribution < 1.29 is 4.79 Å². The minimum Gasteiger partial charge on any atom is -0.369 e. The van der Waals surface area contributed by atoms with E-state index >= 15 is 0 Å². The van der Waals surface area contributed by atoms with E-state index in [0.717, 1.165) is 43.6 Å². The number of amides is 1. The zero-order valence-electron chi connectivity index (χ0n) is 14.8. The predicted octanol–water partition coefficient (Wildman–Crippen LogP) is 2.50. The summed E-state index contributed by atoms with van der Waals surface area (Å²) in [6.45, 7) is 1.46. The number of aryl methyl sites for hydroxylation is 1. The number of benzene rings is 1. The number of fused-ring (bicyclic) bond motifs is 1. The molecule has 6 nitrogen and oxygen atoms in total. The van der Waals surface area contributed by atoms with Crippen molar-refractivity contribution in [3.8, 4) is 0 Å². The summed E-state index contributed by atoms with van der Waals surface area (Å²) in [5.74, 6) is -0.00559. The van der Waals surface area contributed by atoms with Gasteiger partial charge in [-0.3, -0.25) is 9.59 Å². The topological polar surface area (TPSA) is 78.1 Å². The van der Waals surface area contributed by atoms with E-state index in [-0.39, 0.29) is 17.4 Å². The Morgan fingerprint density at radius 3 is 3.00 bits per heavy atom. The fourth-order valence-corrected chi connectivity index (χ4v) is 4.10. The molecule has 0 bridgehead atoms. The average Bonchev–Trinajstić information content (AvgIpc) is 2.68. The molecule has 2 heterocycles. The number of aromatic amines is 1. The summed E-state index contributed by atoms with van der Waals surface area (Å²) >= 11 is 0. The first-order valence-electron chi connectivity index (χ1n) is 9.42. The molecule has 1 fully saturated rings. The van der Waals surface area contributed by atoms with E-state index in [1.165, 1.54) is 24.0 Å². The number of nitrogens with one attached hydrogen (secondary N) is 2. The van der Waals surface area contributed by atoms with Crippen LogP contribution in [-0.4, -0.2) is 29.2 Å². The number of carbonyl (C=O) groups excluding carboxylic acids is 1. The van der Waals surface area contributed by atoms with Crippen LogP contribution in [0.5, 0.6) is 0 Å². The summed E-state index contributed by atoms with van der Waals surface area (Å²) in [4.78, 5) is 26.5. The average molecular weight is 352 g/mol. The lowest BCUT2D eigenvalue weighted by atomic mass is 9.90. The van der Waals surface area contributed by atoms with Crippen LogP contribution in [0.4, 0.5) is 11.4 Å². The Bertz CT molecular complexity index is 861. The van der Waals surface area contributed by atoms with Gasteiger partial charge in [0.15, 0.2) is 0 Å². The third-order valence-electron chi connectivity index (χ3n) is 5.46. The Morgan fingerprint density at radius 2 is 2.12 bits per heavy atom. The molecule has 1 amide bonds. The monoisotopic (exact) mass is 352 g/mol. The Balaban J connectivity index is 1.47. The molecular formula is C20H24N4O2. The fraction of sp³-hybridized carbons (Fsp3) is 0.450. The summed E-state index contributed by atoms with van der Waals surface area (Å²) in [6.07, 6.45) is 8.01. The zero-order valence-corrected chi connectivity index (χ0v) is 14.8. The summed E-state index contributed by atoms with van der Waals surface area (Å²) in [7, 11) is 0. The number of piperidine rings is 1. The maximum absolute atomic E-state index is 12.9. The van der Waals surface area contributed by atoms with Crippen LogP contribution >= 0.6 is 0 Å². The third-order valence-corrected chi connectivity index (χ3v) is 5.46. The van der Waals surface area contributed by atoms with Gasteiger partial charge in [0.05, 0.1) is 17.8 Å². The molecule has 1 saturated heterocycles. The highest BCUT2D eigenvalue weighted by molar-refractivity contribution is 5.94. The summed E-state index contributed by atoms with van der Waals surface area (Å²) in [6, 6.07) is 7.77. The van der Waals surface area contributed by atoms with Crippen LogP contribution in [-0.2, 0) is 17.6 Å². The maximum atomic E-state index is 12.9. The molecule has 2 aliphatic rings. The Labute approximate surface area is 152 Å². The molecule has 136 valence electrons. The van der Waals surface area contributed by atoms with Crippen LogP contribution < -0.4 is 15.8 Å². The molecule has 0 radical (unpaired) electrons. The molecule has 1 atom stereocenters. The van der Waals surface area contributed by atoms with Crippen molar-refractivity contribution in [3.05, 3.63) is 51.9 Å².